The fraction of sp³-hybridized carbons (Fsp3) is 0.409. The smallest absolute Gasteiger partial charge is 0.268 e. The van der Waals surface area contributed by atoms with Crippen LogP contribution in [0.4, 0.5) is 5.69 Å². The second-order valence-corrected chi connectivity index (χ2v) is 8.85. The summed E-state index contributed by atoms with van der Waals surface area (Å²) in [5.74, 6) is 0.359. The number of anilines is 1. The number of ether oxygens (including phenoxy) is 3. The molecule has 0 fully saturated rings. The van der Waals surface area contributed by atoms with Gasteiger partial charge in [0.15, 0.2) is 0 Å². The summed E-state index contributed by atoms with van der Waals surface area (Å²) < 4.78 is 44.1. The van der Waals surface area contributed by atoms with Crippen LogP contribution in [0.2, 0.25) is 0 Å². The topological polar surface area (TPSA) is 94.2 Å². The molecule has 0 aromatic heterocycles. The van der Waals surface area contributed by atoms with E-state index in [1.807, 2.05) is 6.92 Å². The number of aryl methyl sites for hydroxylation is 1. The van der Waals surface area contributed by atoms with Crippen molar-refractivity contribution in [2.75, 3.05) is 38.3 Å². The molecule has 0 spiro atoms. The van der Waals surface area contributed by atoms with Gasteiger partial charge in [-0.3, -0.25) is 9.10 Å². The number of carbonyl (C=O) groups is 1. The van der Waals surface area contributed by atoms with Gasteiger partial charge in [-0.05, 0) is 62.7 Å². The summed E-state index contributed by atoms with van der Waals surface area (Å²) >= 11 is 0. The highest BCUT2D eigenvalue weighted by molar-refractivity contribution is 7.93. The highest BCUT2D eigenvalue weighted by atomic mass is 32.2. The third-order valence-corrected chi connectivity index (χ3v) is 6.23. The van der Waals surface area contributed by atoms with Gasteiger partial charge in [0.1, 0.15) is 22.9 Å². The van der Waals surface area contributed by atoms with Gasteiger partial charge in [-0.25, -0.2) is 8.42 Å². The summed E-state index contributed by atoms with van der Waals surface area (Å²) in [6, 6.07) is 11.2. The van der Waals surface area contributed by atoms with Crippen molar-refractivity contribution in [1.29, 1.82) is 0 Å². The number of hydrogen-bond donors (Lipinski definition) is 1. The highest BCUT2D eigenvalue weighted by Crippen LogP contribution is 2.31. The molecule has 0 saturated carbocycles. The zero-order valence-electron chi connectivity index (χ0n) is 18.5. The molecule has 1 amide bonds. The van der Waals surface area contributed by atoms with Gasteiger partial charge in [0, 0.05) is 13.2 Å². The molecule has 0 radical (unpaired) electrons. The van der Waals surface area contributed by atoms with Crippen LogP contribution in [0, 0.1) is 6.92 Å². The molecular formula is C22H30N2O6S. The first-order chi connectivity index (χ1) is 14.7. The average Bonchev–Trinajstić information content (AvgIpc) is 2.73. The maximum absolute atomic E-state index is 13.6. The normalized spacial score (nSPS) is 12.2. The number of nitrogens with one attached hydrogen (secondary N) is 1. The van der Waals surface area contributed by atoms with Gasteiger partial charge >= 0.3 is 0 Å². The minimum absolute atomic E-state index is 0.0124. The van der Waals surface area contributed by atoms with Crippen LogP contribution in [-0.2, 0) is 19.6 Å². The number of carbonyl (C=O) groups excluding carboxylic acids is 1. The second kappa shape index (κ2) is 11.0. The summed E-state index contributed by atoms with van der Waals surface area (Å²) in [7, 11) is -1.17. The Bertz CT molecular complexity index is 976. The minimum Gasteiger partial charge on any atom is -0.495 e. The molecule has 2 aromatic rings. The summed E-state index contributed by atoms with van der Waals surface area (Å²) in [5.41, 5.74) is 1.09. The van der Waals surface area contributed by atoms with Gasteiger partial charge in [0.25, 0.3) is 10.0 Å². The van der Waals surface area contributed by atoms with Crippen molar-refractivity contribution < 1.29 is 27.4 Å². The summed E-state index contributed by atoms with van der Waals surface area (Å²) in [4.78, 5) is 12.6. The van der Waals surface area contributed by atoms with Crippen molar-refractivity contribution in [3.05, 3.63) is 48.0 Å². The molecule has 0 unspecified atom stereocenters. The molecule has 170 valence electrons. The average molecular weight is 451 g/mol. The molecular weight excluding hydrogens is 420 g/mol. The number of hydrogen-bond acceptors (Lipinski definition) is 6. The number of amides is 1. The Labute approximate surface area is 184 Å². The molecule has 0 saturated heterocycles. The number of nitrogens with zero attached hydrogens (tertiary/aromatic N) is 1. The largest absolute Gasteiger partial charge is 0.495 e. The van der Waals surface area contributed by atoms with E-state index >= 15 is 0 Å². The van der Waals surface area contributed by atoms with Crippen LogP contribution >= 0.6 is 0 Å². The maximum Gasteiger partial charge on any atom is 0.268 e. The van der Waals surface area contributed by atoms with Crippen LogP contribution < -0.4 is 19.1 Å². The van der Waals surface area contributed by atoms with E-state index in [2.05, 4.69) is 5.32 Å². The molecule has 2 aromatic carbocycles. The van der Waals surface area contributed by atoms with Crippen LogP contribution in [-0.4, -0.2) is 54.3 Å². The van der Waals surface area contributed by atoms with Crippen LogP contribution in [0.1, 0.15) is 19.4 Å². The minimum atomic E-state index is -4.11. The molecule has 2 rings (SSSR count). The van der Waals surface area contributed by atoms with Gasteiger partial charge in [-0.2, -0.15) is 0 Å². The first kappa shape index (κ1) is 24.5. The lowest BCUT2D eigenvalue weighted by Crippen LogP contribution is -2.44. The zero-order chi connectivity index (χ0) is 23.0. The van der Waals surface area contributed by atoms with E-state index < -0.39 is 22.5 Å². The standard InChI is InChI=1S/C22H30N2O6S/c1-6-30-19-10-8-18(9-11-19)24(14-22(25)23-17(3)15-28-4)31(26,27)21-13-16(2)7-12-20(21)29-5/h7-13,17H,6,14-15H2,1-5H3,(H,23,25)/t17-/m0/s1. The molecule has 0 heterocycles. The molecule has 0 aliphatic carbocycles. The first-order valence-electron chi connectivity index (χ1n) is 9.91. The second-order valence-electron chi connectivity index (χ2n) is 7.02. The third-order valence-electron chi connectivity index (χ3n) is 4.43. The van der Waals surface area contributed by atoms with Gasteiger partial charge in [-0.15, -0.1) is 0 Å². The van der Waals surface area contributed by atoms with Crippen LogP contribution in [0.5, 0.6) is 11.5 Å². The van der Waals surface area contributed by atoms with Crippen LogP contribution in [0.15, 0.2) is 47.4 Å². The van der Waals surface area contributed by atoms with E-state index in [1.54, 1.807) is 50.2 Å². The summed E-state index contributed by atoms with van der Waals surface area (Å²) in [6.07, 6.45) is 0. The Morgan fingerprint density at radius 1 is 1.13 bits per heavy atom. The fourth-order valence-electron chi connectivity index (χ4n) is 3.04. The number of methoxy groups -OCH3 is 2. The Morgan fingerprint density at radius 3 is 2.39 bits per heavy atom. The maximum atomic E-state index is 13.6. The monoisotopic (exact) mass is 450 g/mol. The Kier molecular flexibility index (Phi) is 8.70. The molecule has 31 heavy (non-hydrogen) atoms. The van der Waals surface area contributed by atoms with E-state index in [1.165, 1.54) is 20.3 Å². The van der Waals surface area contributed by atoms with E-state index in [9.17, 15) is 13.2 Å². The Balaban J connectivity index is 2.48. The lowest BCUT2D eigenvalue weighted by Gasteiger charge is -2.26. The SMILES string of the molecule is CCOc1ccc(N(CC(=O)N[C@@H](C)COC)S(=O)(=O)c2cc(C)ccc2OC)cc1. The van der Waals surface area contributed by atoms with E-state index in [4.69, 9.17) is 14.2 Å². The van der Waals surface area contributed by atoms with Crippen molar-refractivity contribution in [1.82, 2.24) is 5.32 Å². The molecule has 0 aliphatic heterocycles. The van der Waals surface area contributed by atoms with Crippen molar-refractivity contribution >= 4 is 21.6 Å². The Morgan fingerprint density at radius 2 is 1.81 bits per heavy atom. The highest BCUT2D eigenvalue weighted by Gasteiger charge is 2.30. The molecule has 0 bridgehead atoms. The first-order valence-corrected chi connectivity index (χ1v) is 11.4. The van der Waals surface area contributed by atoms with E-state index in [0.29, 0.717) is 24.7 Å². The lowest BCUT2D eigenvalue weighted by molar-refractivity contribution is -0.120. The van der Waals surface area contributed by atoms with E-state index in [0.717, 1.165) is 9.87 Å². The van der Waals surface area contributed by atoms with Gasteiger partial charge in [-0.1, -0.05) is 6.07 Å². The molecule has 8 nitrogen and oxygen atoms in total. The predicted molar refractivity (Wildman–Crippen MR) is 119 cm³/mol. The predicted octanol–water partition coefficient (Wildman–Crippen LogP) is 2.75. The fourth-order valence-corrected chi connectivity index (χ4v) is 4.70. The summed E-state index contributed by atoms with van der Waals surface area (Å²) in [5, 5.41) is 2.75. The van der Waals surface area contributed by atoms with Crippen LogP contribution in [0.3, 0.4) is 0 Å². The van der Waals surface area contributed by atoms with Crippen molar-refractivity contribution in [3.8, 4) is 11.5 Å². The number of sulfonamides is 1. The molecule has 1 atom stereocenters. The van der Waals surface area contributed by atoms with Crippen molar-refractivity contribution in [2.24, 2.45) is 0 Å². The molecule has 1 N–H and O–H groups in total. The van der Waals surface area contributed by atoms with Gasteiger partial charge in [0.05, 0.1) is 26.0 Å². The third kappa shape index (κ3) is 6.35. The molecule has 0 aliphatic rings. The number of benzene rings is 2. The van der Waals surface area contributed by atoms with Crippen molar-refractivity contribution in [3.63, 3.8) is 0 Å². The lowest BCUT2D eigenvalue weighted by atomic mass is 10.2. The number of rotatable bonds is 11. The van der Waals surface area contributed by atoms with Crippen molar-refractivity contribution in [2.45, 2.75) is 31.7 Å². The van der Waals surface area contributed by atoms with E-state index in [-0.39, 0.29) is 16.7 Å². The van der Waals surface area contributed by atoms with Gasteiger partial charge < -0.3 is 19.5 Å². The van der Waals surface area contributed by atoms with Crippen LogP contribution in [0.25, 0.3) is 0 Å². The summed E-state index contributed by atoms with van der Waals surface area (Å²) in [6.45, 7) is 5.83. The Hall–Kier alpha value is -2.78. The van der Waals surface area contributed by atoms with Gasteiger partial charge in [0.2, 0.25) is 5.91 Å². The quantitative estimate of drug-likeness (QED) is 0.566. The molecule has 9 heteroatoms. The zero-order valence-corrected chi connectivity index (χ0v) is 19.4.